The summed E-state index contributed by atoms with van der Waals surface area (Å²) in [4.78, 5) is 0. The van der Waals surface area contributed by atoms with Gasteiger partial charge in [-0.05, 0) is 19.3 Å². The Bertz CT molecular complexity index is 131. The highest BCUT2D eigenvalue weighted by Gasteiger charge is 1.94. The van der Waals surface area contributed by atoms with E-state index in [9.17, 15) is 0 Å². The quantitative estimate of drug-likeness (QED) is 0.407. The molecule has 0 amide bonds. The van der Waals surface area contributed by atoms with E-state index in [0.29, 0.717) is 0 Å². The Morgan fingerprint density at radius 1 is 1.17 bits per heavy atom. The third-order valence-electron chi connectivity index (χ3n) is 2.01. The molecule has 0 bridgehead atoms. The third kappa shape index (κ3) is 7.59. The maximum atomic E-state index is 2.29. The zero-order valence-electron chi connectivity index (χ0n) is 8.72. The van der Waals surface area contributed by atoms with Crippen molar-refractivity contribution in [2.24, 2.45) is 5.92 Å². The highest BCUT2D eigenvalue weighted by molar-refractivity contribution is 5.02. The minimum absolute atomic E-state index is 0.743. The van der Waals surface area contributed by atoms with Gasteiger partial charge >= 0.3 is 0 Å². The summed E-state index contributed by atoms with van der Waals surface area (Å²) in [6.45, 7) is 6.59. The summed E-state index contributed by atoms with van der Waals surface area (Å²) < 4.78 is 0. The lowest BCUT2D eigenvalue weighted by atomic mass is 10.0. The lowest BCUT2D eigenvalue weighted by molar-refractivity contribution is 0.576. The topological polar surface area (TPSA) is 0 Å². The summed E-state index contributed by atoms with van der Waals surface area (Å²) in [7, 11) is 0. The summed E-state index contributed by atoms with van der Waals surface area (Å²) in [5.74, 6) is 0.743. The van der Waals surface area contributed by atoms with Crippen LogP contribution in [0.2, 0.25) is 0 Å². The molecule has 0 aromatic rings. The van der Waals surface area contributed by atoms with E-state index in [1.165, 1.54) is 25.7 Å². The number of hydrogen-bond acceptors (Lipinski definition) is 0. The van der Waals surface area contributed by atoms with Crippen LogP contribution in [0, 0.1) is 5.92 Å². The summed E-state index contributed by atoms with van der Waals surface area (Å²) in [5, 5.41) is 0. The molecule has 0 fully saturated rings. The summed E-state index contributed by atoms with van der Waals surface area (Å²) in [6, 6.07) is 0. The van der Waals surface area contributed by atoms with Crippen LogP contribution in [0.1, 0.15) is 46.5 Å². The van der Waals surface area contributed by atoms with E-state index >= 15 is 0 Å². The van der Waals surface area contributed by atoms with Crippen LogP contribution in [0.3, 0.4) is 0 Å². The standard InChI is InChI=1S/C12H22/c1-4-6-8-10-12(3)11-9-7-5-2/h4,6,8,10,12H,5,7,9,11H2,1-3H3/b6-4-,10-8-. The first-order chi connectivity index (χ1) is 5.81. The van der Waals surface area contributed by atoms with Gasteiger partial charge in [0.15, 0.2) is 0 Å². The lowest BCUT2D eigenvalue weighted by Gasteiger charge is -2.03. The third-order valence-corrected chi connectivity index (χ3v) is 2.01. The Balaban J connectivity index is 3.38. The molecule has 0 aliphatic rings. The summed E-state index contributed by atoms with van der Waals surface area (Å²) >= 11 is 0. The van der Waals surface area contributed by atoms with Crippen molar-refractivity contribution in [3.8, 4) is 0 Å². The highest BCUT2D eigenvalue weighted by atomic mass is 14.0. The monoisotopic (exact) mass is 166 g/mol. The van der Waals surface area contributed by atoms with E-state index in [0.717, 1.165) is 5.92 Å². The van der Waals surface area contributed by atoms with Gasteiger partial charge in [-0.3, -0.25) is 0 Å². The zero-order valence-corrected chi connectivity index (χ0v) is 8.72. The van der Waals surface area contributed by atoms with Crippen LogP contribution in [0.25, 0.3) is 0 Å². The molecule has 12 heavy (non-hydrogen) atoms. The second-order valence-electron chi connectivity index (χ2n) is 3.38. The molecule has 70 valence electrons. The Morgan fingerprint density at radius 3 is 2.50 bits per heavy atom. The van der Waals surface area contributed by atoms with Crippen LogP contribution in [0.5, 0.6) is 0 Å². The van der Waals surface area contributed by atoms with Gasteiger partial charge in [0.05, 0.1) is 0 Å². The van der Waals surface area contributed by atoms with Gasteiger partial charge in [-0.1, -0.05) is 57.4 Å². The SMILES string of the molecule is C/C=C\C=C/C(C)CCCCC. The maximum absolute atomic E-state index is 2.29. The van der Waals surface area contributed by atoms with E-state index in [1.807, 2.05) is 6.92 Å². The van der Waals surface area contributed by atoms with Gasteiger partial charge in [0.1, 0.15) is 0 Å². The van der Waals surface area contributed by atoms with E-state index in [2.05, 4.69) is 38.2 Å². The molecular weight excluding hydrogens is 144 g/mol. The Hall–Kier alpha value is -0.520. The van der Waals surface area contributed by atoms with Crippen LogP contribution in [0.15, 0.2) is 24.3 Å². The molecule has 0 saturated heterocycles. The molecule has 0 aliphatic heterocycles. The molecule has 0 N–H and O–H groups in total. The number of hydrogen-bond donors (Lipinski definition) is 0. The molecule has 1 atom stereocenters. The molecule has 0 spiro atoms. The first-order valence-corrected chi connectivity index (χ1v) is 5.10. The van der Waals surface area contributed by atoms with Gasteiger partial charge in [-0.25, -0.2) is 0 Å². The van der Waals surface area contributed by atoms with Crippen LogP contribution in [-0.4, -0.2) is 0 Å². The van der Waals surface area contributed by atoms with Crippen LogP contribution in [-0.2, 0) is 0 Å². The first-order valence-electron chi connectivity index (χ1n) is 5.10. The fraction of sp³-hybridized carbons (Fsp3) is 0.667. The lowest BCUT2D eigenvalue weighted by Crippen LogP contribution is -1.88. The van der Waals surface area contributed by atoms with E-state index in [1.54, 1.807) is 0 Å². The maximum Gasteiger partial charge on any atom is -0.0259 e. The van der Waals surface area contributed by atoms with Crippen molar-refractivity contribution >= 4 is 0 Å². The summed E-state index contributed by atoms with van der Waals surface area (Å²) in [6.07, 6.45) is 14.0. The molecule has 0 rings (SSSR count). The van der Waals surface area contributed by atoms with Gasteiger partial charge in [-0.15, -0.1) is 0 Å². The average Bonchev–Trinajstić information content (AvgIpc) is 2.06. The van der Waals surface area contributed by atoms with Crippen molar-refractivity contribution in [1.29, 1.82) is 0 Å². The van der Waals surface area contributed by atoms with Gasteiger partial charge < -0.3 is 0 Å². The Kier molecular flexibility index (Phi) is 8.20. The first kappa shape index (κ1) is 11.5. The van der Waals surface area contributed by atoms with Gasteiger partial charge in [-0.2, -0.15) is 0 Å². The minimum Gasteiger partial charge on any atom is -0.0877 e. The molecule has 0 aromatic carbocycles. The van der Waals surface area contributed by atoms with Crippen molar-refractivity contribution < 1.29 is 0 Å². The number of rotatable bonds is 6. The molecule has 1 unspecified atom stereocenters. The van der Waals surface area contributed by atoms with Crippen molar-refractivity contribution in [1.82, 2.24) is 0 Å². The molecule has 0 aliphatic carbocycles. The van der Waals surface area contributed by atoms with Crippen LogP contribution in [0.4, 0.5) is 0 Å². The second kappa shape index (κ2) is 8.58. The van der Waals surface area contributed by atoms with Gasteiger partial charge in [0.25, 0.3) is 0 Å². The van der Waals surface area contributed by atoms with E-state index < -0.39 is 0 Å². The largest absolute Gasteiger partial charge is 0.0877 e. The number of allylic oxidation sites excluding steroid dienone is 4. The van der Waals surface area contributed by atoms with Crippen LogP contribution < -0.4 is 0 Å². The van der Waals surface area contributed by atoms with E-state index in [-0.39, 0.29) is 0 Å². The molecule has 0 radical (unpaired) electrons. The predicted octanol–water partition coefficient (Wildman–Crippen LogP) is 4.34. The molecule has 0 heteroatoms. The molecule has 0 nitrogen and oxygen atoms in total. The zero-order chi connectivity index (χ0) is 9.23. The minimum atomic E-state index is 0.743. The average molecular weight is 166 g/mol. The van der Waals surface area contributed by atoms with Gasteiger partial charge in [0.2, 0.25) is 0 Å². The van der Waals surface area contributed by atoms with E-state index in [4.69, 9.17) is 0 Å². The van der Waals surface area contributed by atoms with Gasteiger partial charge in [0, 0.05) is 0 Å². The predicted molar refractivity (Wildman–Crippen MR) is 57.3 cm³/mol. The number of unbranched alkanes of at least 4 members (excludes halogenated alkanes) is 2. The van der Waals surface area contributed by atoms with Crippen molar-refractivity contribution in [2.75, 3.05) is 0 Å². The van der Waals surface area contributed by atoms with Crippen molar-refractivity contribution in [3.63, 3.8) is 0 Å². The molecule has 0 aromatic heterocycles. The highest BCUT2D eigenvalue weighted by Crippen LogP contribution is 2.10. The fourth-order valence-corrected chi connectivity index (χ4v) is 1.18. The smallest absolute Gasteiger partial charge is 0.0259 e. The molecular formula is C12H22. The van der Waals surface area contributed by atoms with Crippen molar-refractivity contribution in [3.05, 3.63) is 24.3 Å². The van der Waals surface area contributed by atoms with Crippen LogP contribution >= 0.6 is 0 Å². The Labute approximate surface area is 77.4 Å². The second-order valence-corrected chi connectivity index (χ2v) is 3.38. The van der Waals surface area contributed by atoms with Crippen molar-refractivity contribution in [2.45, 2.75) is 46.5 Å². The normalized spacial score (nSPS) is 14.6. The summed E-state index contributed by atoms with van der Waals surface area (Å²) in [5.41, 5.74) is 0. The Morgan fingerprint density at radius 2 is 1.92 bits per heavy atom. The molecule has 0 saturated carbocycles. The fourth-order valence-electron chi connectivity index (χ4n) is 1.18. The molecule has 0 heterocycles.